The first kappa shape index (κ1) is 14.2. The highest BCUT2D eigenvalue weighted by Gasteiger charge is 2.31. The quantitative estimate of drug-likeness (QED) is 0.813. The number of carbonyl (C=O) groups is 2. The summed E-state index contributed by atoms with van der Waals surface area (Å²) >= 11 is 0. The minimum absolute atomic E-state index is 0.0187. The van der Waals surface area contributed by atoms with Crippen LogP contribution in [0.4, 0.5) is 4.79 Å². The van der Waals surface area contributed by atoms with E-state index in [-0.39, 0.29) is 24.0 Å². The summed E-state index contributed by atoms with van der Waals surface area (Å²) < 4.78 is 0. The van der Waals surface area contributed by atoms with Crippen LogP contribution in [0.15, 0.2) is 0 Å². The molecule has 1 saturated carbocycles. The Labute approximate surface area is 115 Å². The summed E-state index contributed by atoms with van der Waals surface area (Å²) in [4.78, 5) is 25.3. The van der Waals surface area contributed by atoms with Gasteiger partial charge in [0.25, 0.3) is 0 Å². The third kappa shape index (κ3) is 3.61. The maximum Gasteiger partial charge on any atom is 0.315 e. The Hall–Kier alpha value is -1.26. The van der Waals surface area contributed by atoms with Gasteiger partial charge in [0.05, 0.1) is 0 Å². The number of likely N-dealkylation sites (N-methyl/N-ethyl adjacent to an activating group) is 1. The molecule has 1 saturated heterocycles. The van der Waals surface area contributed by atoms with Crippen molar-refractivity contribution in [1.29, 1.82) is 0 Å². The fourth-order valence-electron chi connectivity index (χ4n) is 3.13. The lowest BCUT2D eigenvalue weighted by molar-refractivity contribution is -0.128. The summed E-state index contributed by atoms with van der Waals surface area (Å²) in [5, 5.41) is 5.82. The van der Waals surface area contributed by atoms with Gasteiger partial charge in [0.15, 0.2) is 0 Å². The predicted molar refractivity (Wildman–Crippen MR) is 73.7 cm³/mol. The fourth-order valence-corrected chi connectivity index (χ4v) is 3.13. The van der Waals surface area contributed by atoms with Crippen LogP contribution in [0.1, 0.15) is 45.4 Å². The summed E-state index contributed by atoms with van der Waals surface area (Å²) in [5.74, 6) is 0.753. The summed E-state index contributed by atoms with van der Waals surface area (Å²) in [6.07, 6.45) is 6.50. The molecule has 1 aliphatic heterocycles. The number of likely N-dealkylation sites (tertiary alicyclic amines) is 1. The minimum atomic E-state index is -0.337. The van der Waals surface area contributed by atoms with Crippen LogP contribution in [0, 0.1) is 5.92 Å². The molecule has 1 heterocycles. The van der Waals surface area contributed by atoms with E-state index in [0.717, 1.165) is 25.3 Å². The van der Waals surface area contributed by atoms with Gasteiger partial charge < -0.3 is 15.5 Å². The Balaban J connectivity index is 1.76. The molecule has 19 heavy (non-hydrogen) atoms. The maximum atomic E-state index is 11.9. The Bertz CT molecular complexity index is 346. The van der Waals surface area contributed by atoms with Crippen LogP contribution in [0.3, 0.4) is 0 Å². The van der Waals surface area contributed by atoms with Gasteiger partial charge in [-0.05, 0) is 25.2 Å². The van der Waals surface area contributed by atoms with Crippen molar-refractivity contribution in [3.63, 3.8) is 0 Å². The van der Waals surface area contributed by atoms with Crippen molar-refractivity contribution in [1.82, 2.24) is 15.5 Å². The summed E-state index contributed by atoms with van der Waals surface area (Å²) in [6.45, 7) is 2.94. The zero-order valence-electron chi connectivity index (χ0n) is 11.9. The molecule has 5 nitrogen and oxygen atoms in total. The number of nitrogens with one attached hydrogen (secondary N) is 2. The molecule has 3 atom stereocenters. The molecule has 2 rings (SSSR count). The largest absolute Gasteiger partial charge is 0.344 e. The molecular formula is C14H25N3O2. The van der Waals surface area contributed by atoms with E-state index in [2.05, 4.69) is 17.6 Å². The molecule has 5 heteroatoms. The molecule has 0 radical (unpaired) electrons. The van der Waals surface area contributed by atoms with E-state index >= 15 is 0 Å². The van der Waals surface area contributed by atoms with Crippen LogP contribution in [-0.4, -0.2) is 42.5 Å². The topological polar surface area (TPSA) is 61.4 Å². The van der Waals surface area contributed by atoms with Gasteiger partial charge in [-0.25, -0.2) is 4.79 Å². The van der Waals surface area contributed by atoms with Crippen LogP contribution in [-0.2, 0) is 4.79 Å². The average molecular weight is 267 g/mol. The van der Waals surface area contributed by atoms with Crippen molar-refractivity contribution in [3.8, 4) is 0 Å². The van der Waals surface area contributed by atoms with Crippen LogP contribution in [0.25, 0.3) is 0 Å². The number of hydrogen-bond donors (Lipinski definition) is 2. The monoisotopic (exact) mass is 267 g/mol. The normalized spacial score (nSPS) is 31.4. The molecule has 0 aromatic rings. The van der Waals surface area contributed by atoms with Crippen LogP contribution in [0.5, 0.6) is 0 Å². The Kier molecular flexibility index (Phi) is 4.66. The first-order valence-electron chi connectivity index (χ1n) is 7.42. The zero-order chi connectivity index (χ0) is 13.8. The van der Waals surface area contributed by atoms with E-state index in [1.807, 2.05) is 0 Å². The second kappa shape index (κ2) is 6.26. The van der Waals surface area contributed by atoms with E-state index in [1.54, 1.807) is 11.9 Å². The van der Waals surface area contributed by atoms with Gasteiger partial charge in [-0.15, -0.1) is 0 Å². The van der Waals surface area contributed by atoms with Crippen molar-refractivity contribution >= 4 is 11.9 Å². The molecule has 1 aliphatic carbocycles. The molecule has 0 aromatic carbocycles. The third-order valence-electron chi connectivity index (χ3n) is 4.43. The minimum Gasteiger partial charge on any atom is -0.344 e. The smallest absolute Gasteiger partial charge is 0.315 e. The summed E-state index contributed by atoms with van der Waals surface area (Å²) in [6, 6.07) is -0.251. The van der Waals surface area contributed by atoms with Crippen LogP contribution in [0.2, 0.25) is 0 Å². The van der Waals surface area contributed by atoms with Gasteiger partial charge in [-0.1, -0.05) is 26.2 Å². The Morgan fingerprint density at radius 2 is 2.11 bits per heavy atom. The molecule has 2 N–H and O–H groups in total. The highest BCUT2D eigenvalue weighted by Crippen LogP contribution is 2.26. The lowest BCUT2D eigenvalue weighted by Gasteiger charge is -2.29. The number of nitrogens with zero attached hydrogens (tertiary/aromatic N) is 1. The first-order chi connectivity index (χ1) is 9.10. The number of urea groups is 1. The second-order valence-corrected chi connectivity index (χ2v) is 5.86. The van der Waals surface area contributed by atoms with Crippen molar-refractivity contribution in [2.45, 2.75) is 57.5 Å². The Morgan fingerprint density at radius 3 is 2.74 bits per heavy atom. The van der Waals surface area contributed by atoms with Gasteiger partial charge in [0.1, 0.15) is 6.04 Å². The molecule has 0 aromatic heterocycles. The number of rotatable bonds is 3. The van der Waals surface area contributed by atoms with Gasteiger partial charge in [-0.3, -0.25) is 4.79 Å². The standard InChI is InChI=1S/C14H25N3O2/c1-3-10-5-4-6-11(9-10)15-14(19)16-12-7-8-17(2)13(12)18/h10-12H,3-9H2,1-2H3,(H2,15,16,19). The molecule has 0 bridgehead atoms. The number of hydrogen-bond acceptors (Lipinski definition) is 2. The van der Waals surface area contributed by atoms with Crippen molar-refractivity contribution in [2.75, 3.05) is 13.6 Å². The van der Waals surface area contributed by atoms with Crippen molar-refractivity contribution in [2.24, 2.45) is 5.92 Å². The number of amides is 3. The van der Waals surface area contributed by atoms with Crippen molar-refractivity contribution < 1.29 is 9.59 Å². The summed E-state index contributed by atoms with van der Waals surface area (Å²) in [7, 11) is 1.77. The van der Waals surface area contributed by atoms with E-state index in [4.69, 9.17) is 0 Å². The fraction of sp³-hybridized carbons (Fsp3) is 0.857. The number of carbonyl (C=O) groups excluding carboxylic acids is 2. The van der Waals surface area contributed by atoms with Gasteiger partial charge in [-0.2, -0.15) is 0 Å². The van der Waals surface area contributed by atoms with Crippen LogP contribution < -0.4 is 10.6 Å². The van der Waals surface area contributed by atoms with Crippen LogP contribution >= 0.6 is 0 Å². The summed E-state index contributed by atoms with van der Waals surface area (Å²) in [5.41, 5.74) is 0. The highest BCUT2D eigenvalue weighted by molar-refractivity contribution is 5.88. The van der Waals surface area contributed by atoms with Gasteiger partial charge in [0, 0.05) is 19.6 Å². The average Bonchev–Trinajstić information content (AvgIpc) is 2.71. The SMILES string of the molecule is CCC1CCCC(NC(=O)NC2CCN(C)C2=O)C1. The van der Waals surface area contributed by atoms with E-state index in [0.29, 0.717) is 6.42 Å². The molecule has 108 valence electrons. The molecule has 3 unspecified atom stereocenters. The lowest BCUT2D eigenvalue weighted by atomic mass is 9.84. The van der Waals surface area contributed by atoms with Gasteiger partial charge in [0.2, 0.25) is 5.91 Å². The van der Waals surface area contributed by atoms with E-state index in [9.17, 15) is 9.59 Å². The molecule has 0 spiro atoms. The first-order valence-corrected chi connectivity index (χ1v) is 7.42. The highest BCUT2D eigenvalue weighted by atomic mass is 16.2. The van der Waals surface area contributed by atoms with Gasteiger partial charge >= 0.3 is 6.03 Å². The molecule has 2 aliphatic rings. The lowest BCUT2D eigenvalue weighted by Crippen LogP contribution is -2.49. The van der Waals surface area contributed by atoms with Crippen molar-refractivity contribution in [3.05, 3.63) is 0 Å². The predicted octanol–water partition coefficient (Wildman–Crippen LogP) is 1.49. The zero-order valence-corrected chi connectivity index (χ0v) is 11.9. The maximum absolute atomic E-state index is 11.9. The molecule has 2 fully saturated rings. The molecular weight excluding hydrogens is 242 g/mol. The third-order valence-corrected chi connectivity index (χ3v) is 4.43. The second-order valence-electron chi connectivity index (χ2n) is 5.86. The van der Waals surface area contributed by atoms with E-state index < -0.39 is 0 Å². The van der Waals surface area contributed by atoms with E-state index in [1.165, 1.54) is 19.3 Å². The molecule has 3 amide bonds. The Morgan fingerprint density at radius 1 is 1.32 bits per heavy atom.